The highest BCUT2D eigenvalue weighted by Gasteiger charge is 2.30. The smallest absolute Gasteiger partial charge is 0.336 e. The first-order valence-corrected chi connectivity index (χ1v) is 8.37. The molecular weight excluding hydrogens is 367 g/mol. The Balaban J connectivity index is 1.55. The van der Waals surface area contributed by atoms with Crippen LogP contribution in [0.15, 0.2) is 42.5 Å². The number of benzene rings is 2. The minimum absolute atomic E-state index is 0.0880. The molecule has 0 unspecified atom stereocenters. The summed E-state index contributed by atoms with van der Waals surface area (Å²) in [7, 11) is 0. The summed E-state index contributed by atoms with van der Waals surface area (Å²) in [6.45, 7) is 2.36. The number of carbonyl (C=O) groups excluding carboxylic acids is 1. The third kappa shape index (κ3) is 4.63. The van der Waals surface area contributed by atoms with Gasteiger partial charge in [-0.15, -0.1) is 0 Å². The van der Waals surface area contributed by atoms with Crippen molar-refractivity contribution >= 4 is 5.91 Å². The normalized spacial score (nSPS) is 15.8. The van der Waals surface area contributed by atoms with Crippen molar-refractivity contribution in [3.8, 4) is 0 Å². The summed E-state index contributed by atoms with van der Waals surface area (Å²) in [5, 5.41) is 0. The Bertz CT molecular complexity index is 812. The molecule has 27 heavy (non-hydrogen) atoms. The molecule has 0 N–H and O–H groups in total. The largest absolute Gasteiger partial charge is 0.416 e. The van der Waals surface area contributed by atoms with Crippen molar-refractivity contribution in [1.82, 2.24) is 9.80 Å². The van der Waals surface area contributed by atoms with Gasteiger partial charge in [0.25, 0.3) is 5.91 Å². The Morgan fingerprint density at radius 1 is 0.889 bits per heavy atom. The zero-order valence-corrected chi connectivity index (χ0v) is 14.3. The molecule has 2 aromatic rings. The third-order valence-electron chi connectivity index (χ3n) is 4.51. The van der Waals surface area contributed by atoms with E-state index in [0.29, 0.717) is 32.7 Å². The molecule has 0 radical (unpaired) electrons. The molecular formula is C19H17F5N2O. The van der Waals surface area contributed by atoms with Crippen LogP contribution in [0.5, 0.6) is 0 Å². The van der Waals surface area contributed by atoms with Crippen LogP contribution in [0.3, 0.4) is 0 Å². The van der Waals surface area contributed by atoms with Gasteiger partial charge in [0.2, 0.25) is 0 Å². The Hall–Kier alpha value is -2.48. The fourth-order valence-corrected chi connectivity index (χ4v) is 2.98. The van der Waals surface area contributed by atoms with E-state index in [1.807, 2.05) is 4.90 Å². The van der Waals surface area contributed by atoms with Gasteiger partial charge in [0.1, 0.15) is 0 Å². The fourth-order valence-electron chi connectivity index (χ4n) is 2.98. The molecule has 3 rings (SSSR count). The maximum absolute atomic E-state index is 13.3. The average molecular weight is 384 g/mol. The van der Waals surface area contributed by atoms with E-state index in [1.54, 1.807) is 4.90 Å². The second-order valence-corrected chi connectivity index (χ2v) is 6.39. The van der Waals surface area contributed by atoms with Crippen LogP contribution >= 0.6 is 0 Å². The van der Waals surface area contributed by atoms with Gasteiger partial charge in [0.05, 0.1) is 5.56 Å². The van der Waals surface area contributed by atoms with E-state index in [4.69, 9.17) is 0 Å². The van der Waals surface area contributed by atoms with Crippen LogP contribution in [-0.4, -0.2) is 41.9 Å². The molecule has 0 saturated carbocycles. The minimum atomic E-state index is -4.36. The monoisotopic (exact) mass is 384 g/mol. The van der Waals surface area contributed by atoms with Gasteiger partial charge in [0.15, 0.2) is 11.6 Å². The Morgan fingerprint density at radius 3 is 2.07 bits per heavy atom. The van der Waals surface area contributed by atoms with Crippen LogP contribution in [0.1, 0.15) is 21.5 Å². The van der Waals surface area contributed by atoms with Crippen molar-refractivity contribution in [3.63, 3.8) is 0 Å². The maximum atomic E-state index is 13.3. The van der Waals surface area contributed by atoms with Crippen LogP contribution in [-0.2, 0) is 12.7 Å². The molecule has 3 nitrogen and oxygen atoms in total. The van der Waals surface area contributed by atoms with Gasteiger partial charge in [-0.25, -0.2) is 8.78 Å². The lowest BCUT2D eigenvalue weighted by Crippen LogP contribution is -2.48. The molecule has 1 fully saturated rings. The van der Waals surface area contributed by atoms with Crippen molar-refractivity contribution in [2.45, 2.75) is 12.7 Å². The van der Waals surface area contributed by atoms with Crippen LogP contribution in [0.2, 0.25) is 0 Å². The first-order valence-electron chi connectivity index (χ1n) is 8.37. The molecule has 0 atom stereocenters. The lowest BCUT2D eigenvalue weighted by atomic mass is 10.1. The molecule has 1 aliphatic rings. The molecule has 0 spiro atoms. The second kappa shape index (κ2) is 7.64. The van der Waals surface area contributed by atoms with Crippen LogP contribution in [0, 0.1) is 11.6 Å². The van der Waals surface area contributed by atoms with Gasteiger partial charge in [-0.3, -0.25) is 9.69 Å². The molecule has 1 saturated heterocycles. The van der Waals surface area contributed by atoms with Crippen molar-refractivity contribution in [2.75, 3.05) is 26.2 Å². The van der Waals surface area contributed by atoms with E-state index in [2.05, 4.69) is 0 Å². The number of hydrogen-bond donors (Lipinski definition) is 0. The zero-order chi connectivity index (χ0) is 19.6. The number of rotatable bonds is 3. The first-order chi connectivity index (χ1) is 12.7. The quantitative estimate of drug-likeness (QED) is 0.749. The van der Waals surface area contributed by atoms with E-state index >= 15 is 0 Å². The van der Waals surface area contributed by atoms with Crippen molar-refractivity contribution in [3.05, 3.63) is 70.8 Å². The highest BCUT2D eigenvalue weighted by Crippen LogP contribution is 2.29. The van der Waals surface area contributed by atoms with E-state index in [1.165, 1.54) is 18.2 Å². The summed E-state index contributed by atoms with van der Waals surface area (Å²) in [6.07, 6.45) is -4.36. The Labute approximate surface area is 153 Å². The van der Waals surface area contributed by atoms with Crippen LogP contribution in [0.25, 0.3) is 0 Å². The highest BCUT2D eigenvalue weighted by molar-refractivity contribution is 5.94. The van der Waals surface area contributed by atoms with Gasteiger partial charge in [0, 0.05) is 38.3 Å². The van der Waals surface area contributed by atoms with Crippen LogP contribution < -0.4 is 0 Å². The average Bonchev–Trinajstić information content (AvgIpc) is 2.64. The molecule has 0 aromatic heterocycles. The highest BCUT2D eigenvalue weighted by atomic mass is 19.4. The lowest BCUT2D eigenvalue weighted by Gasteiger charge is -2.34. The van der Waals surface area contributed by atoms with Crippen molar-refractivity contribution < 1.29 is 26.7 Å². The maximum Gasteiger partial charge on any atom is 0.416 e. The molecule has 144 valence electrons. The number of carbonyl (C=O) groups is 1. The Morgan fingerprint density at radius 2 is 1.52 bits per heavy atom. The number of halogens is 5. The lowest BCUT2D eigenvalue weighted by molar-refractivity contribution is -0.137. The molecule has 2 aromatic carbocycles. The van der Waals surface area contributed by atoms with Gasteiger partial charge < -0.3 is 4.90 Å². The molecule has 1 heterocycles. The summed E-state index contributed by atoms with van der Waals surface area (Å²) in [4.78, 5) is 15.9. The fraction of sp³-hybridized carbons (Fsp3) is 0.316. The minimum Gasteiger partial charge on any atom is -0.336 e. The van der Waals surface area contributed by atoms with Gasteiger partial charge in [-0.2, -0.15) is 13.2 Å². The van der Waals surface area contributed by atoms with Crippen molar-refractivity contribution in [2.24, 2.45) is 0 Å². The number of alkyl halides is 3. The zero-order valence-electron chi connectivity index (χ0n) is 14.3. The predicted molar refractivity (Wildman–Crippen MR) is 89.0 cm³/mol. The van der Waals surface area contributed by atoms with Crippen LogP contribution in [0.4, 0.5) is 22.0 Å². The number of hydrogen-bond acceptors (Lipinski definition) is 2. The van der Waals surface area contributed by atoms with Gasteiger partial charge in [-0.1, -0.05) is 12.1 Å². The standard InChI is InChI=1S/C19H17F5N2O/c20-16-6-3-14(11-17(16)21)18(27)26-9-7-25(8-10-26)12-13-1-4-15(5-2-13)19(22,23)24/h1-6,11H,7-10,12H2. The summed E-state index contributed by atoms with van der Waals surface area (Å²) in [5.41, 5.74) is 0.154. The molecule has 1 amide bonds. The van der Waals surface area contributed by atoms with E-state index in [9.17, 15) is 26.7 Å². The van der Waals surface area contributed by atoms with E-state index in [-0.39, 0.29) is 11.5 Å². The second-order valence-electron chi connectivity index (χ2n) is 6.39. The number of amides is 1. The summed E-state index contributed by atoms with van der Waals surface area (Å²) >= 11 is 0. The first kappa shape index (κ1) is 19.3. The number of piperazine rings is 1. The number of nitrogens with zero attached hydrogens (tertiary/aromatic N) is 2. The summed E-state index contributed by atoms with van der Waals surface area (Å²) < 4.78 is 64.0. The molecule has 0 aliphatic carbocycles. The summed E-state index contributed by atoms with van der Waals surface area (Å²) in [5.74, 6) is -2.45. The SMILES string of the molecule is O=C(c1ccc(F)c(F)c1)N1CCN(Cc2ccc(C(F)(F)F)cc2)CC1. The van der Waals surface area contributed by atoms with Gasteiger partial charge >= 0.3 is 6.18 Å². The van der Waals surface area contributed by atoms with E-state index < -0.39 is 23.4 Å². The molecule has 8 heteroatoms. The molecule has 0 bridgehead atoms. The van der Waals surface area contributed by atoms with E-state index in [0.717, 1.165) is 29.8 Å². The predicted octanol–water partition coefficient (Wildman–Crippen LogP) is 3.94. The Kier molecular flexibility index (Phi) is 5.46. The van der Waals surface area contributed by atoms with Crippen molar-refractivity contribution in [1.29, 1.82) is 0 Å². The van der Waals surface area contributed by atoms with Gasteiger partial charge in [-0.05, 0) is 35.9 Å². The molecule has 1 aliphatic heterocycles. The topological polar surface area (TPSA) is 23.6 Å². The third-order valence-corrected chi connectivity index (χ3v) is 4.51. The summed E-state index contributed by atoms with van der Waals surface area (Å²) in [6, 6.07) is 8.05.